The van der Waals surface area contributed by atoms with Crippen LogP contribution in [0.2, 0.25) is 0 Å². The third-order valence-corrected chi connectivity index (χ3v) is 6.12. The van der Waals surface area contributed by atoms with Crippen LogP contribution in [0.5, 0.6) is 0 Å². The summed E-state index contributed by atoms with van der Waals surface area (Å²) in [4.78, 5) is 0. The van der Waals surface area contributed by atoms with Gasteiger partial charge in [0.15, 0.2) is 0 Å². The minimum absolute atomic E-state index is 0.0970. The fraction of sp³-hybridized carbons (Fsp3) is 1.00. The zero-order valence-corrected chi connectivity index (χ0v) is 13.1. The summed E-state index contributed by atoms with van der Waals surface area (Å²) >= 11 is 0. The van der Waals surface area contributed by atoms with E-state index in [0.717, 1.165) is 6.04 Å². The van der Waals surface area contributed by atoms with E-state index in [4.69, 9.17) is 0 Å². The average Bonchev–Trinajstić information content (AvgIpc) is 2.29. The van der Waals surface area contributed by atoms with Crippen molar-refractivity contribution in [2.45, 2.75) is 59.9 Å². The molecule has 2 nitrogen and oxygen atoms in total. The van der Waals surface area contributed by atoms with Gasteiger partial charge in [0, 0.05) is 33.9 Å². The molecule has 0 aromatic carbocycles. The molecule has 0 aliphatic carbocycles. The normalized spacial score (nSPS) is 15.8. The van der Waals surface area contributed by atoms with Crippen molar-refractivity contribution in [2.24, 2.45) is 0 Å². The summed E-state index contributed by atoms with van der Waals surface area (Å²) in [5.41, 5.74) is 0. The van der Waals surface area contributed by atoms with Gasteiger partial charge in [0.2, 0.25) is 0 Å². The van der Waals surface area contributed by atoms with Gasteiger partial charge in [-0.05, 0) is 20.0 Å². The highest BCUT2D eigenvalue weighted by Gasteiger charge is 2.21. The van der Waals surface area contributed by atoms with Crippen molar-refractivity contribution in [2.75, 3.05) is 26.3 Å². The molecular formula is C13H31N2P. The minimum Gasteiger partial charge on any atom is -0.271 e. The first kappa shape index (κ1) is 16.4. The molecule has 16 heavy (non-hydrogen) atoms. The third kappa shape index (κ3) is 5.12. The summed E-state index contributed by atoms with van der Waals surface area (Å²) in [6, 6.07) is 0.738. The Morgan fingerprint density at radius 3 is 1.94 bits per heavy atom. The molecule has 0 rings (SSSR count). The van der Waals surface area contributed by atoms with Crippen molar-refractivity contribution >= 4 is 8.22 Å². The highest BCUT2D eigenvalue weighted by molar-refractivity contribution is 7.51. The second-order valence-electron chi connectivity index (χ2n) is 4.38. The van der Waals surface area contributed by atoms with Crippen molar-refractivity contribution in [3.8, 4) is 0 Å². The number of unbranched alkanes of at least 4 members (excludes halogenated alkanes) is 1. The molecule has 0 aliphatic heterocycles. The lowest BCUT2D eigenvalue weighted by Crippen LogP contribution is -2.34. The molecule has 0 heterocycles. The van der Waals surface area contributed by atoms with Crippen LogP contribution in [0.1, 0.15) is 53.9 Å². The van der Waals surface area contributed by atoms with Crippen LogP contribution in [-0.2, 0) is 0 Å². The smallest absolute Gasteiger partial charge is 0.0363 e. The maximum atomic E-state index is 2.69. The first-order valence-electron chi connectivity index (χ1n) is 6.87. The molecule has 98 valence electrons. The van der Waals surface area contributed by atoms with Crippen molar-refractivity contribution in [3.05, 3.63) is 0 Å². The topological polar surface area (TPSA) is 6.48 Å². The van der Waals surface area contributed by atoms with Crippen LogP contribution in [0.4, 0.5) is 0 Å². The van der Waals surface area contributed by atoms with Crippen LogP contribution in [0.15, 0.2) is 0 Å². The van der Waals surface area contributed by atoms with Crippen molar-refractivity contribution in [1.29, 1.82) is 0 Å². The van der Waals surface area contributed by atoms with E-state index in [9.17, 15) is 0 Å². The summed E-state index contributed by atoms with van der Waals surface area (Å²) in [5.74, 6) is 0. The van der Waals surface area contributed by atoms with Crippen LogP contribution in [0.25, 0.3) is 0 Å². The molecule has 0 spiro atoms. The van der Waals surface area contributed by atoms with Crippen molar-refractivity contribution < 1.29 is 0 Å². The van der Waals surface area contributed by atoms with Crippen molar-refractivity contribution in [1.82, 2.24) is 9.34 Å². The molecule has 0 saturated carbocycles. The Bertz CT molecular complexity index is 160. The molecule has 0 fully saturated rings. The van der Waals surface area contributed by atoms with E-state index in [-0.39, 0.29) is 8.22 Å². The molecule has 0 aliphatic rings. The van der Waals surface area contributed by atoms with E-state index >= 15 is 0 Å². The van der Waals surface area contributed by atoms with E-state index in [1.54, 1.807) is 0 Å². The Morgan fingerprint density at radius 1 is 1.00 bits per heavy atom. The Kier molecular flexibility index (Phi) is 9.59. The lowest BCUT2D eigenvalue weighted by Gasteiger charge is -2.39. The standard InChI is InChI=1S/C13H31N2P/c1-7-11-12-13(5)15(10-4)16(6)14(8-2)9-3/h13H,7-12H2,1-6H3. The molecule has 0 bridgehead atoms. The maximum Gasteiger partial charge on any atom is 0.0363 e. The molecule has 2 atom stereocenters. The molecule has 0 N–H and O–H groups in total. The molecule has 0 amide bonds. The number of hydrogen-bond donors (Lipinski definition) is 0. The van der Waals surface area contributed by atoms with Crippen LogP contribution in [-0.4, -0.2) is 41.7 Å². The molecule has 0 aromatic heterocycles. The van der Waals surface area contributed by atoms with E-state index < -0.39 is 0 Å². The Hall–Kier alpha value is 0.350. The monoisotopic (exact) mass is 246 g/mol. The van der Waals surface area contributed by atoms with Crippen LogP contribution in [0.3, 0.4) is 0 Å². The van der Waals surface area contributed by atoms with Gasteiger partial charge in [-0.3, -0.25) is 9.34 Å². The third-order valence-electron chi connectivity index (χ3n) is 3.32. The lowest BCUT2D eigenvalue weighted by molar-refractivity contribution is 0.326. The van der Waals surface area contributed by atoms with Gasteiger partial charge in [0.1, 0.15) is 0 Å². The molecular weight excluding hydrogens is 215 g/mol. The van der Waals surface area contributed by atoms with Gasteiger partial charge in [0.25, 0.3) is 0 Å². The number of rotatable bonds is 9. The summed E-state index contributed by atoms with van der Waals surface area (Å²) in [6.07, 6.45) is 4.02. The van der Waals surface area contributed by atoms with Gasteiger partial charge in [-0.1, -0.05) is 40.5 Å². The maximum absolute atomic E-state index is 2.69. The molecule has 3 heteroatoms. The molecule has 2 unspecified atom stereocenters. The Balaban J connectivity index is 4.33. The van der Waals surface area contributed by atoms with Gasteiger partial charge in [-0.2, -0.15) is 0 Å². The quantitative estimate of drug-likeness (QED) is 0.563. The zero-order valence-electron chi connectivity index (χ0n) is 12.2. The Morgan fingerprint density at radius 2 is 1.56 bits per heavy atom. The summed E-state index contributed by atoms with van der Waals surface area (Å²) in [6.45, 7) is 17.5. The predicted molar refractivity (Wildman–Crippen MR) is 77.1 cm³/mol. The number of nitrogens with zero attached hydrogens (tertiary/aromatic N) is 2. The van der Waals surface area contributed by atoms with Gasteiger partial charge >= 0.3 is 0 Å². The van der Waals surface area contributed by atoms with Crippen LogP contribution < -0.4 is 0 Å². The first-order valence-corrected chi connectivity index (χ1v) is 8.56. The van der Waals surface area contributed by atoms with E-state index in [0.29, 0.717) is 0 Å². The van der Waals surface area contributed by atoms with Gasteiger partial charge in [0.05, 0.1) is 0 Å². The largest absolute Gasteiger partial charge is 0.271 e. The molecule has 0 radical (unpaired) electrons. The summed E-state index contributed by atoms with van der Waals surface area (Å²) in [7, 11) is -0.0970. The number of hydrogen-bond acceptors (Lipinski definition) is 2. The molecule has 0 aromatic rings. The first-order chi connectivity index (χ1) is 7.62. The van der Waals surface area contributed by atoms with Gasteiger partial charge in [-0.15, -0.1) is 0 Å². The predicted octanol–water partition coefficient (Wildman–Crippen LogP) is 4.17. The summed E-state index contributed by atoms with van der Waals surface area (Å²) in [5, 5.41) is 0. The van der Waals surface area contributed by atoms with Gasteiger partial charge < -0.3 is 0 Å². The Labute approximate surface area is 104 Å². The van der Waals surface area contributed by atoms with Gasteiger partial charge in [-0.25, -0.2) is 0 Å². The fourth-order valence-electron chi connectivity index (χ4n) is 2.25. The highest BCUT2D eigenvalue weighted by atomic mass is 31.1. The lowest BCUT2D eigenvalue weighted by atomic mass is 10.1. The summed E-state index contributed by atoms with van der Waals surface area (Å²) < 4.78 is 5.29. The van der Waals surface area contributed by atoms with E-state index in [1.165, 1.54) is 38.9 Å². The van der Waals surface area contributed by atoms with Crippen molar-refractivity contribution in [3.63, 3.8) is 0 Å². The van der Waals surface area contributed by atoms with Crippen LogP contribution in [0, 0.1) is 0 Å². The fourth-order valence-corrected chi connectivity index (χ4v) is 4.48. The SMILES string of the molecule is CCCCC(C)N(CC)P(C)N(CC)CC. The highest BCUT2D eigenvalue weighted by Crippen LogP contribution is 2.42. The van der Waals surface area contributed by atoms with E-state index in [2.05, 4.69) is 50.6 Å². The zero-order chi connectivity index (χ0) is 12.6. The molecule has 0 saturated heterocycles. The minimum atomic E-state index is -0.0970. The second-order valence-corrected chi connectivity index (χ2v) is 6.43. The van der Waals surface area contributed by atoms with Crippen LogP contribution >= 0.6 is 8.22 Å². The average molecular weight is 246 g/mol. The second kappa shape index (κ2) is 9.39. The van der Waals surface area contributed by atoms with E-state index in [1.807, 2.05) is 0 Å².